The number of nitrogens with one attached hydrogen (secondary N) is 1. The molecule has 0 spiro atoms. The predicted octanol–water partition coefficient (Wildman–Crippen LogP) is 3.00. The molecule has 0 saturated carbocycles. The number of carbonyl (C=O) groups excluding carboxylic acids is 1. The third kappa shape index (κ3) is 3.97. The van der Waals surface area contributed by atoms with Crippen LogP contribution in [0.1, 0.15) is 25.8 Å². The molecule has 1 aromatic carbocycles. The van der Waals surface area contributed by atoms with E-state index in [0.717, 1.165) is 5.56 Å². The molecule has 0 bridgehead atoms. The van der Waals surface area contributed by atoms with E-state index in [-0.39, 0.29) is 11.9 Å². The number of methoxy groups -OCH3 is 1. The summed E-state index contributed by atoms with van der Waals surface area (Å²) in [5.41, 5.74) is 8.26. The van der Waals surface area contributed by atoms with Crippen LogP contribution < -0.4 is 5.32 Å². The summed E-state index contributed by atoms with van der Waals surface area (Å²) in [7, 11) is 1.39. The Morgan fingerprint density at radius 2 is 2.10 bits per heavy atom. The molecule has 1 rings (SSSR count). The molecule has 114 valence electrons. The van der Waals surface area contributed by atoms with Crippen LogP contribution in [0, 0.1) is 5.92 Å². The highest BCUT2D eigenvalue weighted by molar-refractivity contribution is 5.83. The van der Waals surface area contributed by atoms with E-state index in [2.05, 4.69) is 15.3 Å². The SMILES string of the molecule is COC(=O)C(NCCCN=[N+]=[N-])(c1ccccc1)C(C)C. The van der Waals surface area contributed by atoms with Crippen LogP contribution in [-0.2, 0) is 15.1 Å². The van der Waals surface area contributed by atoms with E-state index >= 15 is 0 Å². The van der Waals surface area contributed by atoms with E-state index in [9.17, 15) is 4.79 Å². The van der Waals surface area contributed by atoms with E-state index in [1.165, 1.54) is 7.11 Å². The monoisotopic (exact) mass is 290 g/mol. The maximum absolute atomic E-state index is 12.4. The zero-order chi connectivity index (χ0) is 15.7. The highest BCUT2D eigenvalue weighted by Crippen LogP contribution is 2.31. The minimum Gasteiger partial charge on any atom is -0.467 e. The normalized spacial score (nSPS) is 13.3. The van der Waals surface area contributed by atoms with Gasteiger partial charge in [0, 0.05) is 11.5 Å². The van der Waals surface area contributed by atoms with Gasteiger partial charge in [0.2, 0.25) is 0 Å². The fourth-order valence-corrected chi connectivity index (χ4v) is 2.41. The van der Waals surface area contributed by atoms with Gasteiger partial charge in [-0.3, -0.25) is 5.32 Å². The highest BCUT2D eigenvalue weighted by Gasteiger charge is 2.43. The minimum atomic E-state index is -0.896. The summed E-state index contributed by atoms with van der Waals surface area (Å²) in [6.45, 7) is 4.91. The first kappa shape index (κ1) is 17.0. The van der Waals surface area contributed by atoms with Crippen LogP contribution in [-0.4, -0.2) is 26.2 Å². The van der Waals surface area contributed by atoms with Crippen LogP contribution in [0.4, 0.5) is 0 Å². The van der Waals surface area contributed by atoms with Crippen LogP contribution >= 0.6 is 0 Å². The zero-order valence-corrected chi connectivity index (χ0v) is 12.7. The number of azide groups is 1. The van der Waals surface area contributed by atoms with Crippen molar-refractivity contribution in [2.45, 2.75) is 25.8 Å². The van der Waals surface area contributed by atoms with Crippen molar-refractivity contribution in [3.05, 3.63) is 46.3 Å². The third-order valence-electron chi connectivity index (χ3n) is 3.50. The molecule has 0 aliphatic carbocycles. The van der Waals surface area contributed by atoms with Crippen molar-refractivity contribution < 1.29 is 9.53 Å². The summed E-state index contributed by atoms with van der Waals surface area (Å²) in [4.78, 5) is 15.1. The molecule has 0 aromatic heterocycles. The molecule has 6 nitrogen and oxygen atoms in total. The van der Waals surface area contributed by atoms with Gasteiger partial charge in [-0.05, 0) is 30.0 Å². The Kier molecular flexibility index (Phi) is 6.72. The number of esters is 1. The molecular formula is C15H22N4O2. The lowest BCUT2D eigenvalue weighted by molar-refractivity contribution is -0.151. The second kappa shape index (κ2) is 8.29. The van der Waals surface area contributed by atoms with E-state index < -0.39 is 5.54 Å². The topological polar surface area (TPSA) is 87.1 Å². The zero-order valence-electron chi connectivity index (χ0n) is 12.7. The molecule has 0 fully saturated rings. The van der Waals surface area contributed by atoms with Crippen LogP contribution in [0.15, 0.2) is 35.4 Å². The molecule has 1 unspecified atom stereocenters. The molecule has 1 N–H and O–H groups in total. The molecule has 0 aliphatic heterocycles. The summed E-state index contributed by atoms with van der Waals surface area (Å²) in [6.07, 6.45) is 0.655. The number of nitrogens with zero attached hydrogens (tertiary/aromatic N) is 3. The number of hydrogen-bond acceptors (Lipinski definition) is 4. The average Bonchev–Trinajstić information content (AvgIpc) is 2.51. The summed E-state index contributed by atoms with van der Waals surface area (Å²) < 4.78 is 5.03. The van der Waals surface area contributed by atoms with Gasteiger partial charge in [0.1, 0.15) is 5.54 Å². The first-order valence-electron chi connectivity index (χ1n) is 6.99. The van der Waals surface area contributed by atoms with E-state index in [4.69, 9.17) is 10.3 Å². The van der Waals surface area contributed by atoms with E-state index in [1.807, 2.05) is 44.2 Å². The molecule has 6 heteroatoms. The molecule has 0 saturated heterocycles. The van der Waals surface area contributed by atoms with Crippen LogP contribution in [0.5, 0.6) is 0 Å². The van der Waals surface area contributed by atoms with Gasteiger partial charge in [-0.2, -0.15) is 0 Å². The predicted molar refractivity (Wildman–Crippen MR) is 81.6 cm³/mol. The van der Waals surface area contributed by atoms with Gasteiger partial charge in [-0.15, -0.1) is 0 Å². The molecule has 1 atom stereocenters. The first-order chi connectivity index (χ1) is 10.1. The van der Waals surface area contributed by atoms with E-state index in [0.29, 0.717) is 19.5 Å². The Hall–Kier alpha value is -2.04. The lowest BCUT2D eigenvalue weighted by Crippen LogP contribution is -2.54. The molecule has 0 aliphatic rings. The smallest absolute Gasteiger partial charge is 0.330 e. The molecule has 0 radical (unpaired) electrons. The molecule has 1 aromatic rings. The van der Waals surface area contributed by atoms with Crippen molar-refractivity contribution in [3.63, 3.8) is 0 Å². The summed E-state index contributed by atoms with van der Waals surface area (Å²) in [6, 6.07) is 9.54. The standard InChI is InChI=1S/C15H22N4O2/c1-12(2)15(14(20)21-3,13-8-5-4-6-9-13)17-10-7-11-18-19-16/h4-6,8-9,12,17H,7,10-11H2,1-3H3. The summed E-state index contributed by atoms with van der Waals surface area (Å²) in [5.74, 6) is -0.306. The highest BCUT2D eigenvalue weighted by atomic mass is 16.5. The average molecular weight is 290 g/mol. The summed E-state index contributed by atoms with van der Waals surface area (Å²) in [5, 5.41) is 6.80. The Labute approximate surface area is 125 Å². The molecule has 21 heavy (non-hydrogen) atoms. The number of rotatable bonds is 8. The van der Waals surface area contributed by atoms with Gasteiger partial charge in [0.15, 0.2) is 0 Å². The van der Waals surface area contributed by atoms with Crippen molar-refractivity contribution in [2.24, 2.45) is 11.0 Å². The number of hydrogen-bond donors (Lipinski definition) is 1. The Bertz CT molecular complexity index is 498. The van der Waals surface area contributed by atoms with Crippen molar-refractivity contribution in [1.82, 2.24) is 5.32 Å². The van der Waals surface area contributed by atoms with E-state index in [1.54, 1.807) is 0 Å². The fourth-order valence-electron chi connectivity index (χ4n) is 2.41. The van der Waals surface area contributed by atoms with Crippen molar-refractivity contribution >= 4 is 5.97 Å². The Morgan fingerprint density at radius 1 is 1.43 bits per heavy atom. The lowest BCUT2D eigenvalue weighted by Gasteiger charge is -2.36. The van der Waals surface area contributed by atoms with Gasteiger partial charge in [-0.1, -0.05) is 49.3 Å². The van der Waals surface area contributed by atoms with Gasteiger partial charge < -0.3 is 4.74 Å². The quantitative estimate of drug-likeness (QED) is 0.262. The molecular weight excluding hydrogens is 268 g/mol. The Morgan fingerprint density at radius 3 is 2.62 bits per heavy atom. The second-order valence-electron chi connectivity index (χ2n) is 5.06. The van der Waals surface area contributed by atoms with Crippen LogP contribution in [0.25, 0.3) is 10.4 Å². The summed E-state index contributed by atoms with van der Waals surface area (Å²) >= 11 is 0. The number of ether oxygens (including phenoxy) is 1. The van der Waals surface area contributed by atoms with Crippen LogP contribution in [0.2, 0.25) is 0 Å². The second-order valence-corrected chi connectivity index (χ2v) is 5.06. The number of benzene rings is 1. The molecule has 0 amide bonds. The third-order valence-corrected chi connectivity index (χ3v) is 3.50. The largest absolute Gasteiger partial charge is 0.467 e. The van der Waals surface area contributed by atoms with Gasteiger partial charge in [-0.25, -0.2) is 4.79 Å². The fraction of sp³-hybridized carbons (Fsp3) is 0.533. The first-order valence-corrected chi connectivity index (χ1v) is 6.99. The van der Waals surface area contributed by atoms with Crippen molar-refractivity contribution in [2.75, 3.05) is 20.2 Å². The minimum absolute atomic E-state index is 0.00631. The lowest BCUT2D eigenvalue weighted by atomic mass is 9.79. The van der Waals surface area contributed by atoms with Gasteiger partial charge in [0.25, 0.3) is 0 Å². The Balaban J connectivity index is 3.02. The maximum atomic E-state index is 12.4. The van der Waals surface area contributed by atoms with Crippen molar-refractivity contribution in [1.29, 1.82) is 0 Å². The molecule has 0 heterocycles. The number of carbonyl (C=O) groups is 1. The van der Waals surface area contributed by atoms with Gasteiger partial charge >= 0.3 is 5.97 Å². The van der Waals surface area contributed by atoms with Crippen molar-refractivity contribution in [3.8, 4) is 0 Å². The maximum Gasteiger partial charge on any atom is 0.330 e. The van der Waals surface area contributed by atoms with Crippen LogP contribution in [0.3, 0.4) is 0 Å². The van der Waals surface area contributed by atoms with Gasteiger partial charge in [0.05, 0.1) is 7.11 Å².